The van der Waals surface area contributed by atoms with Crippen molar-refractivity contribution in [3.8, 4) is 56.2 Å². The number of fused-ring (bicyclic) bond motifs is 4. The number of benzene rings is 5. The van der Waals surface area contributed by atoms with Gasteiger partial charge >= 0.3 is 5.69 Å². The molecule has 5 aromatic carbocycles. The van der Waals surface area contributed by atoms with Gasteiger partial charge in [0.2, 0.25) is 0 Å². The van der Waals surface area contributed by atoms with E-state index >= 15 is 0 Å². The third-order valence-corrected chi connectivity index (χ3v) is 9.41. The van der Waals surface area contributed by atoms with Gasteiger partial charge in [-0.05, 0) is 46.0 Å². The Morgan fingerprint density at radius 2 is 1.16 bits per heavy atom. The Kier molecular flexibility index (Phi) is 6.00. The number of hydrogen-bond donors (Lipinski definition) is 0. The molecular weight excluding hydrogens is 552 g/mol. The fraction of sp³-hybridized carbons (Fsp3) is 0.125. The smallest absolute Gasteiger partial charge is 0.295 e. The highest BCUT2D eigenvalue weighted by Gasteiger charge is 2.35. The molecule has 0 N–H and O–H groups in total. The van der Waals surface area contributed by atoms with Crippen molar-refractivity contribution in [2.24, 2.45) is 14.1 Å². The second-order valence-corrected chi connectivity index (χ2v) is 12.4. The van der Waals surface area contributed by atoms with Crippen LogP contribution in [0.4, 0.5) is 0 Å². The molecule has 5 heteroatoms. The van der Waals surface area contributed by atoms with E-state index in [9.17, 15) is 4.79 Å². The summed E-state index contributed by atoms with van der Waals surface area (Å²) in [5.41, 5.74) is 13.9. The Labute approximate surface area is 262 Å². The first-order valence-corrected chi connectivity index (χ1v) is 15.3. The molecule has 0 aliphatic heterocycles. The summed E-state index contributed by atoms with van der Waals surface area (Å²) in [7, 11) is 3.64. The van der Waals surface area contributed by atoms with Gasteiger partial charge in [0.25, 0.3) is 0 Å². The van der Waals surface area contributed by atoms with Crippen molar-refractivity contribution < 1.29 is 0 Å². The van der Waals surface area contributed by atoms with Gasteiger partial charge < -0.3 is 0 Å². The van der Waals surface area contributed by atoms with Crippen molar-refractivity contribution in [3.63, 3.8) is 0 Å². The number of rotatable bonds is 4. The van der Waals surface area contributed by atoms with Crippen LogP contribution in [-0.4, -0.2) is 19.1 Å². The lowest BCUT2D eigenvalue weighted by atomic mass is 9.82. The maximum Gasteiger partial charge on any atom is 0.328 e. The molecule has 5 nitrogen and oxygen atoms in total. The van der Waals surface area contributed by atoms with E-state index in [1.165, 1.54) is 22.3 Å². The van der Waals surface area contributed by atoms with E-state index in [2.05, 4.69) is 105 Å². The third kappa shape index (κ3) is 4.19. The van der Waals surface area contributed by atoms with E-state index < -0.39 is 0 Å². The summed E-state index contributed by atoms with van der Waals surface area (Å²) in [5.74, 6) is 0.694. The molecule has 0 fully saturated rings. The van der Waals surface area contributed by atoms with Crippen molar-refractivity contribution >= 4 is 11.0 Å². The third-order valence-electron chi connectivity index (χ3n) is 9.41. The van der Waals surface area contributed by atoms with Gasteiger partial charge in [-0.25, -0.2) is 14.8 Å². The van der Waals surface area contributed by atoms with E-state index in [1.54, 1.807) is 9.13 Å². The average Bonchev–Trinajstić information content (AvgIpc) is 3.46. The molecule has 0 atom stereocenters. The minimum Gasteiger partial charge on any atom is -0.295 e. The molecule has 0 unspecified atom stereocenters. The standard InChI is InChI=1S/C40H32N4O/c1-40(2)32-15-9-8-13-30(32)31-22-21-28(23-33(31)40)35-24-34(41-38(42-35)27-11-6-5-7-12-27)26-19-17-25(18-20-26)29-14-10-16-36-37(29)44(4)39(45)43(36)3/h5-24H,1-4H3. The van der Waals surface area contributed by atoms with Crippen LogP contribution in [0.25, 0.3) is 67.2 Å². The van der Waals surface area contributed by atoms with Crippen LogP contribution in [0.5, 0.6) is 0 Å². The van der Waals surface area contributed by atoms with Crippen LogP contribution in [0.3, 0.4) is 0 Å². The topological polar surface area (TPSA) is 52.7 Å². The molecule has 0 amide bonds. The number of para-hydroxylation sites is 1. The summed E-state index contributed by atoms with van der Waals surface area (Å²) in [5, 5.41) is 0. The molecule has 0 radical (unpaired) electrons. The SMILES string of the molecule is Cn1c(=O)n(C)c2c(-c3ccc(-c4cc(-c5ccc6c(c5)C(C)(C)c5ccccc5-6)nc(-c5ccccc5)n4)cc3)cccc21. The molecule has 0 saturated carbocycles. The van der Waals surface area contributed by atoms with E-state index in [0.29, 0.717) is 5.82 Å². The minimum absolute atomic E-state index is 0.0325. The molecule has 2 aromatic heterocycles. The zero-order chi connectivity index (χ0) is 30.9. The fourth-order valence-electron chi connectivity index (χ4n) is 6.95. The molecule has 2 heterocycles. The van der Waals surface area contributed by atoms with Gasteiger partial charge in [-0.2, -0.15) is 0 Å². The first kappa shape index (κ1) is 27.0. The van der Waals surface area contributed by atoms with Gasteiger partial charge in [0, 0.05) is 41.8 Å². The Morgan fingerprint density at radius 3 is 1.93 bits per heavy atom. The molecule has 1 aliphatic carbocycles. The fourth-order valence-corrected chi connectivity index (χ4v) is 6.95. The number of hydrogen-bond acceptors (Lipinski definition) is 3. The molecule has 218 valence electrons. The summed E-state index contributed by atoms with van der Waals surface area (Å²) >= 11 is 0. The van der Waals surface area contributed by atoms with Crippen LogP contribution >= 0.6 is 0 Å². The lowest BCUT2D eigenvalue weighted by Gasteiger charge is -2.22. The van der Waals surface area contributed by atoms with E-state index in [4.69, 9.17) is 9.97 Å². The first-order valence-electron chi connectivity index (χ1n) is 15.3. The van der Waals surface area contributed by atoms with E-state index in [0.717, 1.165) is 50.2 Å². The molecule has 45 heavy (non-hydrogen) atoms. The predicted octanol–water partition coefficient (Wildman–Crippen LogP) is 8.64. The van der Waals surface area contributed by atoms with Gasteiger partial charge in [0.1, 0.15) is 0 Å². The van der Waals surface area contributed by atoms with Crippen LogP contribution in [-0.2, 0) is 19.5 Å². The highest BCUT2D eigenvalue weighted by Crippen LogP contribution is 2.49. The van der Waals surface area contributed by atoms with Crippen molar-refractivity contribution in [2.75, 3.05) is 0 Å². The number of aromatic nitrogens is 4. The summed E-state index contributed by atoms with van der Waals surface area (Å²) in [6, 6.07) is 42.2. The molecular formula is C40H32N4O. The highest BCUT2D eigenvalue weighted by atomic mass is 16.1. The average molecular weight is 585 g/mol. The molecule has 8 rings (SSSR count). The normalized spacial score (nSPS) is 13.2. The predicted molar refractivity (Wildman–Crippen MR) is 183 cm³/mol. The maximum absolute atomic E-state index is 12.7. The van der Waals surface area contributed by atoms with Crippen LogP contribution in [0.2, 0.25) is 0 Å². The zero-order valence-corrected chi connectivity index (χ0v) is 25.7. The Balaban J connectivity index is 1.25. The van der Waals surface area contributed by atoms with Crippen LogP contribution in [0.1, 0.15) is 25.0 Å². The van der Waals surface area contributed by atoms with Crippen molar-refractivity contribution in [3.05, 3.63) is 143 Å². The summed E-state index contributed by atoms with van der Waals surface area (Å²) < 4.78 is 3.41. The first-order chi connectivity index (χ1) is 21.8. The van der Waals surface area contributed by atoms with Gasteiger partial charge in [-0.15, -0.1) is 0 Å². The highest BCUT2D eigenvalue weighted by molar-refractivity contribution is 5.93. The molecule has 1 aliphatic rings. The van der Waals surface area contributed by atoms with Gasteiger partial charge in [-0.1, -0.05) is 117 Å². The number of nitrogens with zero attached hydrogens (tertiary/aromatic N) is 4. The van der Waals surface area contributed by atoms with Crippen LogP contribution < -0.4 is 5.69 Å². The Morgan fingerprint density at radius 1 is 0.533 bits per heavy atom. The summed E-state index contributed by atoms with van der Waals surface area (Å²) in [4.78, 5) is 22.8. The van der Waals surface area contributed by atoms with E-state index in [1.807, 2.05) is 44.4 Å². The number of imidazole rings is 1. The summed E-state index contributed by atoms with van der Waals surface area (Å²) in [6.45, 7) is 4.61. The molecule has 0 spiro atoms. The maximum atomic E-state index is 12.7. The Hall–Kier alpha value is -5.55. The lowest BCUT2D eigenvalue weighted by molar-refractivity contribution is 0.660. The van der Waals surface area contributed by atoms with Crippen molar-refractivity contribution in [1.29, 1.82) is 0 Å². The molecule has 7 aromatic rings. The molecule has 0 bridgehead atoms. The monoisotopic (exact) mass is 584 g/mol. The minimum atomic E-state index is -0.0962. The largest absolute Gasteiger partial charge is 0.328 e. The number of aryl methyl sites for hydroxylation is 2. The van der Waals surface area contributed by atoms with E-state index in [-0.39, 0.29) is 11.1 Å². The van der Waals surface area contributed by atoms with Gasteiger partial charge in [-0.3, -0.25) is 9.13 Å². The van der Waals surface area contributed by atoms with Crippen LogP contribution in [0, 0.1) is 0 Å². The lowest BCUT2D eigenvalue weighted by Crippen LogP contribution is -2.19. The molecule has 0 saturated heterocycles. The second-order valence-electron chi connectivity index (χ2n) is 12.4. The van der Waals surface area contributed by atoms with Gasteiger partial charge in [0.05, 0.1) is 22.4 Å². The van der Waals surface area contributed by atoms with Crippen molar-refractivity contribution in [1.82, 2.24) is 19.1 Å². The second kappa shape index (κ2) is 10.00. The zero-order valence-electron chi connectivity index (χ0n) is 25.7. The Bertz CT molecular complexity index is 2330. The summed E-state index contributed by atoms with van der Waals surface area (Å²) in [6.07, 6.45) is 0. The van der Waals surface area contributed by atoms with Gasteiger partial charge in [0.15, 0.2) is 5.82 Å². The van der Waals surface area contributed by atoms with Crippen LogP contribution in [0.15, 0.2) is 126 Å². The quantitative estimate of drug-likeness (QED) is 0.208. The van der Waals surface area contributed by atoms with Crippen molar-refractivity contribution in [2.45, 2.75) is 19.3 Å².